The Hall–Kier alpha value is -2.40. The minimum atomic E-state index is -0.912. The Morgan fingerprint density at radius 1 is 1.18 bits per heavy atom. The Labute approximate surface area is 128 Å². The maximum absolute atomic E-state index is 12.6. The molecule has 1 atom stereocenters. The molecule has 2 aromatic rings. The van der Waals surface area contributed by atoms with Gasteiger partial charge in [-0.2, -0.15) is 0 Å². The molecule has 22 heavy (non-hydrogen) atoms. The molecule has 1 unspecified atom stereocenters. The van der Waals surface area contributed by atoms with Crippen molar-refractivity contribution in [3.63, 3.8) is 0 Å². The van der Waals surface area contributed by atoms with Crippen LogP contribution in [0.5, 0.6) is 0 Å². The molecule has 3 rings (SSSR count). The SMILES string of the molecule is O=C(O)CC1CN(C(=O)c2ccc3ccccc3c2)CCO1. The smallest absolute Gasteiger partial charge is 0.306 e. The number of amides is 1. The molecule has 5 heteroatoms. The van der Waals surface area contributed by atoms with Crippen LogP contribution >= 0.6 is 0 Å². The Balaban J connectivity index is 1.78. The van der Waals surface area contributed by atoms with Gasteiger partial charge in [-0.3, -0.25) is 9.59 Å². The lowest BCUT2D eigenvalue weighted by Gasteiger charge is -2.32. The van der Waals surface area contributed by atoms with Crippen molar-refractivity contribution in [2.45, 2.75) is 12.5 Å². The van der Waals surface area contributed by atoms with Gasteiger partial charge < -0.3 is 14.7 Å². The lowest BCUT2D eigenvalue weighted by molar-refractivity contribution is -0.141. The summed E-state index contributed by atoms with van der Waals surface area (Å²) < 4.78 is 5.40. The van der Waals surface area contributed by atoms with Gasteiger partial charge in [0.2, 0.25) is 0 Å². The number of fused-ring (bicyclic) bond motifs is 1. The molecule has 1 aliphatic rings. The van der Waals surface area contributed by atoms with Gasteiger partial charge in [0.15, 0.2) is 0 Å². The molecule has 0 spiro atoms. The second-order valence-corrected chi connectivity index (χ2v) is 5.40. The van der Waals surface area contributed by atoms with E-state index >= 15 is 0 Å². The van der Waals surface area contributed by atoms with Crippen LogP contribution in [-0.2, 0) is 9.53 Å². The fourth-order valence-electron chi connectivity index (χ4n) is 2.73. The summed E-state index contributed by atoms with van der Waals surface area (Å²) in [4.78, 5) is 25.0. The van der Waals surface area contributed by atoms with Crippen molar-refractivity contribution in [1.29, 1.82) is 0 Å². The number of aliphatic carboxylic acids is 1. The Morgan fingerprint density at radius 2 is 1.95 bits per heavy atom. The number of benzene rings is 2. The molecule has 1 heterocycles. The van der Waals surface area contributed by atoms with E-state index in [2.05, 4.69) is 0 Å². The molecule has 0 bridgehead atoms. The molecular formula is C17H17NO4. The zero-order valence-corrected chi connectivity index (χ0v) is 12.1. The predicted molar refractivity (Wildman–Crippen MR) is 81.8 cm³/mol. The first-order valence-corrected chi connectivity index (χ1v) is 7.25. The summed E-state index contributed by atoms with van der Waals surface area (Å²) in [5.74, 6) is -0.991. The number of hydrogen-bond acceptors (Lipinski definition) is 3. The molecule has 5 nitrogen and oxygen atoms in total. The largest absolute Gasteiger partial charge is 0.481 e. The van der Waals surface area contributed by atoms with Crippen molar-refractivity contribution in [2.24, 2.45) is 0 Å². The third kappa shape index (κ3) is 3.09. The summed E-state index contributed by atoms with van der Waals surface area (Å²) in [6.07, 6.45) is -0.516. The second-order valence-electron chi connectivity index (χ2n) is 5.40. The van der Waals surface area contributed by atoms with E-state index in [9.17, 15) is 9.59 Å². The number of carbonyl (C=O) groups is 2. The van der Waals surface area contributed by atoms with E-state index in [4.69, 9.17) is 9.84 Å². The average Bonchev–Trinajstić information content (AvgIpc) is 2.53. The lowest BCUT2D eigenvalue weighted by Crippen LogP contribution is -2.46. The molecule has 1 fully saturated rings. The maximum atomic E-state index is 12.6. The number of carboxylic acids is 1. The van der Waals surface area contributed by atoms with Gasteiger partial charge in [0.1, 0.15) is 0 Å². The molecule has 0 radical (unpaired) electrons. The van der Waals surface area contributed by atoms with Crippen LogP contribution in [0.15, 0.2) is 42.5 Å². The first kappa shape index (κ1) is 14.5. The van der Waals surface area contributed by atoms with Gasteiger partial charge in [0, 0.05) is 18.7 Å². The Bertz CT molecular complexity index is 713. The second kappa shape index (κ2) is 6.15. The molecule has 1 saturated heterocycles. The fourth-order valence-corrected chi connectivity index (χ4v) is 2.73. The highest BCUT2D eigenvalue weighted by atomic mass is 16.5. The standard InChI is InChI=1S/C17H17NO4/c19-16(20)10-15-11-18(7-8-22-15)17(21)14-6-5-12-3-1-2-4-13(12)9-14/h1-6,9,15H,7-8,10-11H2,(H,19,20). The van der Waals surface area contributed by atoms with E-state index in [-0.39, 0.29) is 12.3 Å². The third-order valence-corrected chi connectivity index (χ3v) is 3.82. The summed E-state index contributed by atoms with van der Waals surface area (Å²) >= 11 is 0. The molecule has 0 aliphatic carbocycles. The van der Waals surface area contributed by atoms with Crippen LogP contribution < -0.4 is 0 Å². The predicted octanol–water partition coefficient (Wildman–Crippen LogP) is 2.16. The molecule has 1 N–H and O–H groups in total. The zero-order chi connectivity index (χ0) is 15.5. The molecule has 1 aliphatic heterocycles. The third-order valence-electron chi connectivity index (χ3n) is 3.82. The van der Waals surface area contributed by atoms with Crippen LogP contribution in [0.4, 0.5) is 0 Å². The molecule has 1 amide bonds. The number of morpholine rings is 1. The summed E-state index contributed by atoms with van der Waals surface area (Å²) in [5.41, 5.74) is 0.620. The fraction of sp³-hybridized carbons (Fsp3) is 0.294. The van der Waals surface area contributed by atoms with Gasteiger partial charge in [-0.25, -0.2) is 0 Å². The molecule has 2 aromatic carbocycles. The van der Waals surface area contributed by atoms with Gasteiger partial charge in [-0.1, -0.05) is 30.3 Å². The van der Waals surface area contributed by atoms with Crippen LogP contribution in [0.1, 0.15) is 16.8 Å². The maximum Gasteiger partial charge on any atom is 0.306 e. The van der Waals surface area contributed by atoms with Crippen LogP contribution in [0.2, 0.25) is 0 Å². The van der Waals surface area contributed by atoms with Crippen LogP contribution in [0.3, 0.4) is 0 Å². The number of carboxylic acid groups (broad SMARTS) is 1. The highest BCUT2D eigenvalue weighted by Crippen LogP contribution is 2.18. The van der Waals surface area contributed by atoms with E-state index in [1.165, 1.54) is 0 Å². The normalized spacial score (nSPS) is 18.4. The van der Waals surface area contributed by atoms with Crippen molar-refractivity contribution >= 4 is 22.6 Å². The van der Waals surface area contributed by atoms with Gasteiger partial charge in [-0.05, 0) is 22.9 Å². The number of nitrogens with zero attached hydrogens (tertiary/aromatic N) is 1. The quantitative estimate of drug-likeness (QED) is 0.943. The van der Waals surface area contributed by atoms with Crippen molar-refractivity contribution in [3.8, 4) is 0 Å². The van der Waals surface area contributed by atoms with Crippen molar-refractivity contribution < 1.29 is 19.4 Å². The van der Waals surface area contributed by atoms with Crippen LogP contribution in [-0.4, -0.2) is 47.7 Å². The van der Waals surface area contributed by atoms with Gasteiger partial charge in [-0.15, -0.1) is 0 Å². The number of ether oxygens (including phenoxy) is 1. The molecular weight excluding hydrogens is 282 g/mol. The Kier molecular flexibility index (Phi) is 4.06. The summed E-state index contributed by atoms with van der Waals surface area (Å²) in [6, 6.07) is 13.5. The summed E-state index contributed by atoms with van der Waals surface area (Å²) in [7, 11) is 0. The first-order valence-electron chi connectivity index (χ1n) is 7.25. The molecule has 0 aromatic heterocycles. The monoisotopic (exact) mass is 299 g/mol. The van der Waals surface area contributed by atoms with Gasteiger partial charge in [0.05, 0.1) is 19.1 Å². The number of carbonyl (C=O) groups excluding carboxylic acids is 1. The lowest BCUT2D eigenvalue weighted by atomic mass is 10.1. The Morgan fingerprint density at radius 3 is 2.73 bits per heavy atom. The highest BCUT2D eigenvalue weighted by Gasteiger charge is 2.26. The van der Waals surface area contributed by atoms with E-state index in [0.717, 1.165) is 10.8 Å². The zero-order valence-electron chi connectivity index (χ0n) is 12.1. The number of hydrogen-bond donors (Lipinski definition) is 1. The molecule has 114 valence electrons. The van der Waals surface area contributed by atoms with Gasteiger partial charge in [0.25, 0.3) is 5.91 Å². The van der Waals surface area contributed by atoms with Gasteiger partial charge >= 0.3 is 5.97 Å². The van der Waals surface area contributed by atoms with Crippen LogP contribution in [0.25, 0.3) is 10.8 Å². The minimum Gasteiger partial charge on any atom is -0.481 e. The van der Waals surface area contributed by atoms with Crippen molar-refractivity contribution in [2.75, 3.05) is 19.7 Å². The minimum absolute atomic E-state index is 0.0792. The van der Waals surface area contributed by atoms with E-state index in [0.29, 0.717) is 25.3 Å². The highest BCUT2D eigenvalue weighted by molar-refractivity contribution is 5.98. The first-order chi connectivity index (χ1) is 10.6. The number of rotatable bonds is 3. The van der Waals surface area contributed by atoms with Crippen molar-refractivity contribution in [1.82, 2.24) is 4.90 Å². The van der Waals surface area contributed by atoms with E-state index in [1.807, 2.05) is 42.5 Å². The topological polar surface area (TPSA) is 66.8 Å². The van der Waals surface area contributed by atoms with E-state index < -0.39 is 12.1 Å². The van der Waals surface area contributed by atoms with Crippen LogP contribution in [0, 0.1) is 0 Å². The summed E-state index contributed by atoms with van der Waals surface area (Å²) in [6.45, 7) is 1.18. The molecule has 0 saturated carbocycles. The average molecular weight is 299 g/mol. The van der Waals surface area contributed by atoms with E-state index in [1.54, 1.807) is 4.90 Å². The summed E-state index contributed by atoms with van der Waals surface area (Å²) in [5, 5.41) is 10.9. The van der Waals surface area contributed by atoms with Crippen molar-refractivity contribution in [3.05, 3.63) is 48.0 Å².